The number of benzene rings is 2. The third kappa shape index (κ3) is 4.15. The largest absolute Gasteiger partial charge is 0.484 e. The smallest absolute Gasteiger partial charge is 0.260 e. The molecule has 0 spiro atoms. The fourth-order valence-corrected chi connectivity index (χ4v) is 4.66. The normalized spacial score (nSPS) is 16.7. The van der Waals surface area contributed by atoms with Crippen LogP contribution in [0.3, 0.4) is 0 Å². The topological polar surface area (TPSA) is 85.4 Å². The molecule has 154 valence electrons. The summed E-state index contributed by atoms with van der Waals surface area (Å²) in [6, 6.07) is 11.9. The second-order valence-electron chi connectivity index (χ2n) is 6.90. The Morgan fingerprint density at radius 1 is 1.00 bits per heavy atom. The standard InChI is InChI=1S/C20H22N2O6S/c1-15-2-5-17(6-3-15)29(24,25)22-10-8-21(9-11-22)20(23)13-26-16-4-7-18-19(12-16)28-14-27-18/h2-7,12H,8-11,13-14H2,1H3. The first-order chi connectivity index (χ1) is 13.9. The predicted molar refractivity (Wildman–Crippen MR) is 105 cm³/mol. The first-order valence-electron chi connectivity index (χ1n) is 9.30. The Hall–Kier alpha value is -2.78. The zero-order valence-corrected chi connectivity index (χ0v) is 16.9. The summed E-state index contributed by atoms with van der Waals surface area (Å²) in [4.78, 5) is 14.3. The van der Waals surface area contributed by atoms with E-state index in [1.807, 2.05) is 6.92 Å². The summed E-state index contributed by atoms with van der Waals surface area (Å²) in [5.41, 5.74) is 1.00. The van der Waals surface area contributed by atoms with Gasteiger partial charge in [-0.05, 0) is 31.2 Å². The third-order valence-corrected chi connectivity index (χ3v) is 6.87. The van der Waals surface area contributed by atoms with Crippen LogP contribution in [0.1, 0.15) is 5.56 Å². The van der Waals surface area contributed by atoms with E-state index in [4.69, 9.17) is 14.2 Å². The monoisotopic (exact) mass is 418 g/mol. The molecule has 2 aromatic rings. The molecule has 0 aliphatic carbocycles. The number of carbonyl (C=O) groups excluding carboxylic acids is 1. The van der Waals surface area contributed by atoms with Crippen molar-refractivity contribution in [1.82, 2.24) is 9.21 Å². The molecule has 0 N–H and O–H groups in total. The second kappa shape index (κ2) is 7.92. The minimum atomic E-state index is -3.55. The highest BCUT2D eigenvalue weighted by Crippen LogP contribution is 2.35. The van der Waals surface area contributed by atoms with Crippen molar-refractivity contribution in [3.63, 3.8) is 0 Å². The number of hydrogen-bond acceptors (Lipinski definition) is 6. The molecule has 4 rings (SSSR count). The Kier molecular flexibility index (Phi) is 5.33. The molecule has 29 heavy (non-hydrogen) atoms. The summed E-state index contributed by atoms with van der Waals surface area (Å²) in [6.45, 7) is 3.13. The van der Waals surface area contributed by atoms with E-state index in [1.54, 1.807) is 47.4 Å². The molecule has 0 radical (unpaired) electrons. The number of aryl methyl sites for hydroxylation is 1. The minimum Gasteiger partial charge on any atom is -0.484 e. The van der Waals surface area contributed by atoms with Crippen LogP contribution in [0.25, 0.3) is 0 Å². The van der Waals surface area contributed by atoms with Crippen LogP contribution in [0.2, 0.25) is 0 Å². The molecule has 1 saturated heterocycles. The lowest BCUT2D eigenvalue weighted by atomic mass is 10.2. The van der Waals surface area contributed by atoms with Gasteiger partial charge in [-0.3, -0.25) is 4.79 Å². The van der Waals surface area contributed by atoms with Gasteiger partial charge in [0.15, 0.2) is 18.1 Å². The molecule has 2 aromatic carbocycles. The maximum Gasteiger partial charge on any atom is 0.260 e. The Bertz CT molecular complexity index is 998. The number of sulfonamides is 1. The van der Waals surface area contributed by atoms with Crippen molar-refractivity contribution >= 4 is 15.9 Å². The van der Waals surface area contributed by atoms with E-state index in [-0.39, 0.29) is 37.3 Å². The Morgan fingerprint density at radius 3 is 2.41 bits per heavy atom. The van der Waals surface area contributed by atoms with Crippen LogP contribution in [-0.2, 0) is 14.8 Å². The average Bonchev–Trinajstić information content (AvgIpc) is 3.20. The van der Waals surface area contributed by atoms with Gasteiger partial charge in [0.2, 0.25) is 16.8 Å². The molecule has 2 aliphatic rings. The fourth-order valence-electron chi connectivity index (χ4n) is 3.24. The number of amides is 1. The van der Waals surface area contributed by atoms with Crippen LogP contribution in [0.15, 0.2) is 47.4 Å². The highest BCUT2D eigenvalue weighted by molar-refractivity contribution is 7.89. The maximum atomic E-state index is 12.8. The molecule has 9 heteroatoms. The van der Waals surface area contributed by atoms with E-state index in [2.05, 4.69) is 0 Å². The van der Waals surface area contributed by atoms with Crippen molar-refractivity contribution in [1.29, 1.82) is 0 Å². The van der Waals surface area contributed by atoms with Crippen LogP contribution in [0.4, 0.5) is 0 Å². The molecule has 2 aliphatic heterocycles. The summed E-state index contributed by atoms with van der Waals surface area (Å²) in [5.74, 6) is 1.57. The van der Waals surface area contributed by atoms with Crippen molar-refractivity contribution in [3.05, 3.63) is 48.0 Å². The first-order valence-corrected chi connectivity index (χ1v) is 10.7. The van der Waals surface area contributed by atoms with E-state index in [0.717, 1.165) is 5.56 Å². The van der Waals surface area contributed by atoms with E-state index >= 15 is 0 Å². The van der Waals surface area contributed by atoms with E-state index in [1.165, 1.54) is 4.31 Å². The van der Waals surface area contributed by atoms with Crippen LogP contribution in [0.5, 0.6) is 17.2 Å². The van der Waals surface area contributed by atoms with Crippen molar-refractivity contribution < 1.29 is 27.4 Å². The maximum absolute atomic E-state index is 12.8. The summed E-state index contributed by atoms with van der Waals surface area (Å²) < 4.78 is 43.0. The SMILES string of the molecule is Cc1ccc(S(=O)(=O)N2CCN(C(=O)COc3ccc4c(c3)OCO4)CC2)cc1. The van der Waals surface area contributed by atoms with Gasteiger partial charge in [-0.15, -0.1) is 0 Å². The van der Waals surface area contributed by atoms with Crippen molar-refractivity contribution in [3.8, 4) is 17.2 Å². The molecule has 8 nitrogen and oxygen atoms in total. The molecular formula is C20H22N2O6S. The number of piperazine rings is 1. The molecule has 0 aromatic heterocycles. The van der Waals surface area contributed by atoms with Crippen molar-refractivity contribution in [2.75, 3.05) is 39.6 Å². The lowest BCUT2D eigenvalue weighted by Crippen LogP contribution is -2.51. The molecule has 2 heterocycles. The Labute approximate surface area is 169 Å². The van der Waals surface area contributed by atoms with Crippen molar-refractivity contribution in [2.24, 2.45) is 0 Å². The lowest BCUT2D eigenvalue weighted by Gasteiger charge is -2.34. The van der Waals surface area contributed by atoms with Crippen molar-refractivity contribution in [2.45, 2.75) is 11.8 Å². The molecular weight excluding hydrogens is 396 g/mol. The molecule has 0 atom stereocenters. The third-order valence-electron chi connectivity index (χ3n) is 4.96. The lowest BCUT2D eigenvalue weighted by molar-refractivity contribution is -0.134. The predicted octanol–water partition coefficient (Wildman–Crippen LogP) is 1.64. The van der Waals surface area contributed by atoms with Gasteiger partial charge >= 0.3 is 0 Å². The summed E-state index contributed by atoms with van der Waals surface area (Å²) in [5, 5.41) is 0. The summed E-state index contributed by atoms with van der Waals surface area (Å²) in [6.07, 6.45) is 0. The van der Waals surface area contributed by atoms with Crippen LogP contribution >= 0.6 is 0 Å². The first kappa shape index (κ1) is 19.5. The van der Waals surface area contributed by atoms with Crippen LogP contribution < -0.4 is 14.2 Å². The van der Waals surface area contributed by atoms with Gasteiger partial charge in [-0.2, -0.15) is 4.31 Å². The summed E-state index contributed by atoms with van der Waals surface area (Å²) in [7, 11) is -3.55. The second-order valence-corrected chi connectivity index (χ2v) is 8.84. The van der Waals surface area contributed by atoms with Gasteiger partial charge in [0.1, 0.15) is 5.75 Å². The quantitative estimate of drug-likeness (QED) is 0.734. The number of fused-ring (bicyclic) bond motifs is 1. The van der Waals surface area contributed by atoms with E-state index < -0.39 is 10.0 Å². The average molecular weight is 418 g/mol. The van der Waals surface area contributed by atoms with Gasteiger partial charge in [0, 0.05) is 32.2 Å². The number of ether oxygens (including phenoxy) is 3. The number of rotatable bonds is 5. The number of nitrogens with zero attached hydrogens (tertiary/aromatic N) is 2. The highest BCUT2D eigenvalue weighted by atomic mass is 32.2. The van der Waals surface area contributed by atoms with E-state index in [9.17, 15) is 13.2 Å². The number of carbonyl (C=O) groups is 1. The number of hydrogen-bond donors (Lipinski definition) is 0. The Morgan fingerprint density at radius 2 is 1.69 bits per heavy atom. The zero-order chi connectivity index (χ0) is 20.4. The molecule has 0 bridgehead atoms. The van der Waals surface area contributed by atoms with E-state index in [0.29, 0.717) is 30.3 Å². The van der Waals surface area contributed by atoms with Gasteiger partial charge in [0.05, 0.1) is 4.90 Å². The highest BCUT2D eigenvalue weighted by Gasteiger charge is 2.30. The molecule has 0 unspecified atom stereocenters. The molecule has 1 amide bonds. The van der Waals surface area contributed by atoms with Gasteiger partial charge < -0.3 is 19.1 Å². The van der Waals surface area contributed by atoms with Crippen LogP contribution in [0, 0.1) is 6.92 Å². The molecule has 0 saturated carbocycles. The molecule has 1 fully saturated rings. The Balaban J connectivity index is 1.31. The van der Waals surface area contributed by atoms with Gasteiger partial charge in [-0.1, -0.05) is 17.7 Å². The van der Waals surface area contributed by atoms with Gasteiger partial charge in [-0.25, -0.2) is 8.42 Å². The zero-order valence-electron chi connectivity index (χ0n) is 16.0. The van der Waals surface area contributed by atoms with Crippen LogP contribution in [-0.4, -0.2) is 63.1 Å². The summed E-state index contributed by atoms with van der Waals surface area (Å²) >= 11 is 0. The fraction of sp³-hybridized carbons (Fsp3) is 0.350. The van der Waals surface area contributed by atoms with Gasteiger partial charge in [0.25, 0.3) is 5.91 Å². The minimum absolute atomic E-state index is 0.121.